The number of para-hydroxylation sites is 1. The molecule has 0 atom stereocenters. The van der Waals surface area contributed by atoms with Crippen LogP contribution in [0, 0.1) is 22.7 Å². The second kappa shape index (κ2) is 6.23. The van der Waals surface area contributed by atoms with Crippen LogP contribution >= 0.6 is 0 Å². The minimum atomic E-state index is 0.314. The number of hydrogen-bond acceptors (Lipinski definition) is 3. The Labute approximate surface area is 112 Å². The van der Waals surface area contributed by atoms with Gasteiger partial charge in [-0.15, -0.1) is 0 Å². The Hall–Kier alpha value is -2.78. The highest BCUT2D eigenvalue weighted by atomic mass is 16.5. The molecule has 3 heteroatoms. The SMILES string of the molecule is N#CCc1cccc(Oc2ccccc2CC#N)c1. The van der Waals surface area contributed by atoms with Crippen LogP contribution in [0.3, 0.4) is 0 Å². The molecule has 0 aromatic heterocycles. The van der Waals surface area contributed by atoms with Crippen molar-refractivity contribution in [3.63, 3.8) is 0 Å². The zero-order chi connectivity index (χ0) is 13.5. The maximum absolute atomic E-state index is 8.78. The van der Waals surface area contributed by atoms with Gasteiger partial charge in [0, 0.05) is 5.56 Å². The van der Waals surface area contributed by atoms with E-state index in [9.17, 15) is 0 Å². The standard InChI is InChI=1S/C16H12N2O/c17-10-8-13-4-3-6-15(12-13)19-16-7-2-1-5-14(16)9-11-18/h1-7,12H,8-9H2. The Morgan fingerprint density at radius 3 is 2.47 bits per heavy atom. The normalized spacial score (nSPS) is 9.37. The van der Waals surface area contributed by atoms with E-state index >= 15 is 0 Å². The number of hydrogen-bond donors (Lipinski definition) is 0. The van der Waals surface area contributed by atoms with E-state index < -0.39 is 0 Å². The first-order valence-electron chi connectivity index (χ1n) is 5.92. The molecule has 0 bridgehead atoms. The molecule has 0 saturated heterocycles. The lowest BCUT2D eigenvalue weighted by atomic mass is 10.1. The summed E-state index contributed by atoms with van der Waals surface area (Å²) in [6, 6.07) is 19.1. The number of nitriles is 2. The lowest BCUT2D eigenvalue weighted by molar-refractivity contribution is 0.477. The van der Waals surface area contributed by atoms with E-state index in [1.54, 1.807) is 0 Å². The van der Waals surface area contributed by atoms with Crippen molar-refractivity contribution in [3.05, 3.63) is 59.7 Å². The molecule has 0 amide bonds. The fourth-order valence-corrected chi connectivity index (χ4v) is 1.77. The van der Waals surface area contributed by atoms with Gasteiger partial charge in [-0.2, -0.15) is 10.5 Å². The van der Waals surface area contributed by atoms with Crippen molar-refractivity contribution in [1.29, 1.82) is 10.5 Å². The van der Waals surface area contributed by atoms with E-state index in [1.807, 2.05) is 48.5 Å². The fourth-order valence-electron chi connectivity index (χ4n) is 1.77. The summed E-state index contributed by atoms with van der Waals surface area (Å²) >= 11 is 0. The van der Waals surface area contributed by atoms with Crippen LogP contribution in [0.15, 0.2) is 48.5 Å². The second-order valence-corrected chi connectivity index (χ2v) is 4.03. The summed E-state index contributed by atoms with van der Waals surface area (Å²) in [6.07, 6.45) is 0.672. The largest absolute Gasteiger partial charge is 0.457 e. The van der Waals surface area contributed by atoms with Gasteiger partial charge in [-0.1, -0.05) is 30.3 Å². The molecule has 2 rings (SSSR count). The third kappa shape index (κ3) is 3.34. The lowest BCUT2D eigenvalue weighted by Gasteiger charge is -2.09. The molecule has 0 heterocycles. The van der Waals surface area contributed by atoms with Gasteiger partial charge >= 0.3 is 0 Å². The van der Waals surface area contributed by atoms with Crippen molar-refractivity contribution in [2.24, 2.45) is 0 Å². The smallest absolute Gasteiger partial charge is 0.131 e. The summed E-state index contributed by atoms with van der Waals surface area (Å²) < 4.78 is 5.79. The van der Waals surface area contributed by atoms with Crippen molar-refractivity contribution in [1.82, 2.24) is 0 Å². The van der Waals surface area contributed by atoms with E-state index in [2.05, 4.69) is 12.1 Å². The van der Waals surface area contributed by atoms with E-state index in [0.29, 0.717) is 24.3 Å². The molecule has 19 heavy (non-hydrogen) atoms. The molecule has 2 aromatic rings. The van der Waals surface area contributed by atoms with E-state index in [4.69, 9.17) is 15.3 Å². The second-order valence-electron chi connectivity index (χ2n) is 4.03. The van der Waals surface area contributed by atoms with Crippen molar-refractivity contribution in [3.8, 4) is 23.6 Å². The Kier molecular flexibility index (Phi) is 4.16. The molecule has 0 unspecified atom stereocenters. The van der Waals surface area contributed by atoms with Crippen LogP contribution in [0.25, 0.3) is 0 Å². The summed E-state index contributed by atoms with van der Waals surface area (Å²) in [4.78, 5) is 0. The molecular formula is C16H12N2O. The van der Waals surface area contributed by atoms with Gasteiger partial charge < -0.3 is 4.74 Å². The van der Waals surface area contributed by atoms with Crippen LogP contribution < -0.4 is 4.74 Å². The van der Waals surface area contributed by atoms with E-state index in [1.165, 1.54) is 0 Å². The molecule has 0 fully saturated rings. The van der Waals surface area contributed by atoms with Crippen molar-refractivity contribution in [2.45, 2.75) is 12.8 Å². The summed E-state index contributed by atoms with van der Waals surface area (Å²) in [5.74, 6) is 1.36. The Morgan fingerprint density at radius 1 is 0.895 bits per heavy atom. The molecule has 0 aliphatic rings. The van der Waals surface area contributed by atoms with Crippen molar-refractivity contribution in [2.75, 3.05) is 0 Å². The number of benzene rings is 2. The van der Waals surface area contributed by atoms with Gasteiger partial charge in [-0.25, -0.2) is 0 Å². The van der Waals surface area contributed by atoms with Crippen LogP contribution in [-0.2, 0) is 12.8 Å². The fraction of sp³-hybridized carbons (Fsp3) is 0.125. The van der Waals surface area contributed by atoms with Crippen LogP contribution in [0.2, 0.25) is 0 Å². The van der Waals surface area contributed by atoms with Gasteiger partial charge in [-0.05, 0) is 23.8 Å². The molecule has 92 valence electrons. The van der Waals surface area contributed by atoms with Crippen LogP contribution in [0.5, 0.6) is 11.5 Å². The lowest BCUT2D eigenvalue weighted by Crippen LogP contribution is -1.91. The molecule has 0 aliphatic heterocycles. The highest BCUT2D eigenvalue weighted by Crippen LogP contribution is 2.26. The third-order valence-electron chi connectivity index (χ3n) is 2.65. The van der Waals surface area contributed by atoms with Crippen LogP contribution in [0.4, 0.5) is 0 Å². The Bertz CT molecular complexity index is 650. The van der Waals surface area contributed by atoms with Gasteiger partial charge in [-0.3, -0.25) is 0 Å². The average molecular weight is 248 g/mol. The van der Waals surface area contributed by atoms with Gasteiger partial charge in [0.15, 0.2) is 0 Å². The minimum Gasteiger partial charge on any atom is -0.457 e. The zero-order valence-corrected chi connectivity index (χ0v) is 10.3. The molecule has 0 N–H and O–H groups in total. The van der Waals surface area contributed by atoms with Crippen LogP contribution in [-0.4, -0.2) is 0 Å². The first kappa shape index (κ1) is 12.7. The Morgan fingerprint density at radius 2 is 1.68 bits per heavy atom. The molecule has 0 saturated carbocycles. The number of ether oxygens (including phenoxy) is 1. The molecule has 2 aromatic carbocycles. The quantitative estimate of drug-likeness (QED) is 0.830. The number of nitrogens with zero attached hydrogens (tertiary/aromatic N) is 2. The highest BCUT2D eigenvalue weighted by Gasteiger charge is 2.04. The van der Waals surface area contributed by atoms with Crippen LogP contribution in [0.1, 0.15) is 11.1 Å². The summed E-state index contributed by atoms with van der Waals surface area (Å²) in [5.41, 5.74) is 1.77. The summed E-state index contributed by atoms with van der Waals surface area (Å²) in [5, 5.41) is 17.5. The molecule has 3 nitrogen and oxygen atoms in total. The average Bonchev–Trinajstić information content (AvgIpc) is 2.42. The topological polar surface area (TPSA) is 56.8 Å². The van der Waals surface area contributed by atoms with Gasteiger partial charge in [0.1, 0.15) is 11.5 Å². The van der Waals surface area contributed by atoms with Gasteiger partial charge in [0.2, 0.25) is 0 Å². The molecular weight excluding hydrogens is 236 g/mol. The first-order valence-corrected chi connectivity index (χ1v) is 5.92. The van der Waals surface area contributed by atoms with E-state index in [-0.39, 0.29) is 0 Å². The Balaban J connectivity index is 2.24. The molecule has 0 spiro atoms. The number of rotatable bonds is 4. The predicted molar refractivity (Wildman–Crippen MR) is 71.6 cm³/mol. The summed E-state index contributed by atoms with van der Waals surface area (Å²) in [7, 11) is 0. The predicted octanol–water partition coefficient (Wildman–Crippen LogP) is 3.61. The minimum absolute atomic E-state index is 0.314. The van der Waals surface area contributed by atoms with Crippen molar-refractivity contribution < 1.29 is 4.74 Å². The van der Waals surface area contributed by atoms with Gasteiger partial charge in [0.05, 0.1) is 25.0 Å². The van der Waals surface area contributed by atoms with Crippen molar-refractivity contribution >= 4 is 0 Å². The maximum Gasteiger partial charge on any atom is 0.131 e. The van der Waals surface area contributed by atoms with Gasteiger partial charge in [0.25, 0.3) is 0 Å². The molecule has 0 radical (unpaired) electrons. The molecule has 0 aliphatic carbocycles. The zero-order valence-electron chi connectivity index (χ0n) is 10.3. The van der Waals surface area contributed by atoms with E-state index in [0.717, 1.165) is 11.1 Å². The highest BCUT2D eigenvalue weighted by molar-refractivity contribution is 5.40. The monoisotopic (exact) mass is 248 g/mol. The summed E-state index contributed by atoms with van der Waals surface area (Å²) in [6.45, 7) is 0. The first-order chi connectivity index (χ1) is 9.33. The maximum atomic E-state index is 8.78. The third-order valence-corrected chi connectivity index (χ3v) is 2.65.